The summed E-state index contributed by atoms with van der Waals surface area (Å²) in [5.41, 5.74) is 1.94. The van der Waals surface area contributed by atoms with Crippen LogP contribution in [0.4, 0.5) is 0 Å². The highest BCUT2D eigenvalue weighted by Gasteiger charge is 2.32. The third-order valence-electron chi connectivity index (χ3n) is 3.14. The van der Waals surface area contributed by atoms with Crippen LogP contribution in [-0.4, -0.2) is 48.9 Å². The molecule has 0 N–H and O–H groups in total. The van der Waals surface area contributed by atoms with Crippen molar-refractivity contribution >= 4 is 5.91 Å². The second-order valence-electron chi connectivity index (χ2n) is 4.70. The van der Waals surface area contributed by atoms with Gasteiger partial charge in [0.25, 0.3) is 5.91 Å². The molecule has 1 amide bonds. The van der Waals surface area contributed by atoms with Gasteiger partial charge in [-0.05, 0) is 33.2 Å². The molecule has 0 aromatic heterocycles. The number of hydrogen-bond donors (Lipinski definition) is 0. The lowest BCUT2D eigenvalue weighted by Gasteiger charge is -2.42. The van der Waals surface area contributed by atoms with E-state index in [9.17, 15) is 4.79 Å². The highest BCUT2D eigenvalue weighted by atomic mass is 16.2. The van der Waals surface area contributed by atoms with E-state index in [0.717, 1.165) is 24.2 Å². The molecule has 1 saturated heterocycles. The molecule has 3 heteroatoms. The van der Waals surface area contributed by atoms with E-state index in [4.69, 9.17) is 0 Å². The van der Waals surface area contributed by atoms with E-state index in [-0.39, 0.29) is 5.91 Å². The van der Waals surface area contributed by atoms with Gasteiger partial charge in [0, 0.05) is 24.7 Å². The average Bonchev–Trinajstić information content (AvgIpc) is 2.14. The van der Waals surface area contributed by atoms with E-state index >= 15 is 0 Å². The maximum Gasteiger partial charge on any atom is 0.253 e. The van der Waals surface area contributed by atoms with Gasteiger partial charge in [0.05, 0.1) is 0 Å². The maximum absolute atomic E-state index is 12.1. The molecule has 1 fully saturated rings. The van der Waals surface area contributed by atoms with Gasteiger partial charge in [-0.25, -0.2) is 0 Å². The van der Waals surface area contributed by atoms with Crippen LogP contribution in [0, 0.1) is 6.92 Å². The molecular weight excluding hydrogens is 200 g/mol. The lowest BCUT2D eigenvalue weighted by atomic mass is 10.0. The second-order valence-corrected chi connectivity index (χ2v) is 4.70. The van der Waals surface area contributed by atoms with Gasteiger partial charge >= 0.3 is 0 Å². The molecule has 1 aromatic rings. The molecule has 1 aliphatic rings. The van der Waals surface area contributed by atoms with Crippen molar-refractivity contribution in [2.75, 3.05) is 27.2 Å². The molecule has 86 valence electrons. The molecule has 0 aliphatic carbocycles. The topological polar surface area (TPSA) is 23.6 Å². The summed E-state index contributed by atoms with van der Waals surface area (Å²) >= 11 is 0. The summed E-state index contributed by atoms with van der Waals surface area (Å²) in [4.78, 5) is 16.1. The second kappa shape index (κ2) is 4.26. The van der Waals surface area contributed by atoms with Crippen molar-refractivity contribution in [3.05, 3.63) is 35.4 Å². The van der Waals surface area contributed by atoms with E-state index in [1.165, 1.54) is 0 Å². The van der Waals surface area contributed by atoms with Crippen LogP contribution in [0.5, 0.6) is 0 Å². The Hall–Kier alpha value is -1.35. The van der Waals surface area contributed by atoms with Gasteiger partial charge in [0.1, 0.15) is 0 Å². The van der Waals surface area contributed by atoms with Gasteiger partial charge in [-0.1, -0.05) is 17.7 Å². The van der Waals surface area contributed by atoms with Crippen LogP contribution in [0.1, 0.15) is 15.9 Å². The molecule has 0 unspecified atom stereocenters. The lowest BCUT2D eigenvalue weighted by Crippen LogP contribution is -2.59. The highest BCUT2D eigenvalue weighted by molar-refractivity contribution is 5.95. The number of amides is 1. The van der Waals surface area contributed by atoms with Crippen molar-refractivity contribution in [3.63, 3.8) is 0 Å². The van der Waals surface area contributed by atoms with Gasteiger partial charge in [-0.15, -0.1) is 0 Å². The van der Waals surface area contributed by atoms with Crippen LogP contribution in [0.15, 0.2) is 24.3 Å². The van der Waals surface area contributed by atoms with Crippen molar-refractivity contribution < 1.29 is 4.79 Å². The van der Waals surface area contributed by atoms with Crippen molar-refractivity contribution in [1.29, 1.82) is 0 Å². The number of aryl methyl sites for hydroxylation is 1. The Morgan fingerprint density at radius 2 is 2.06 bits per heavy atom. The largest absolute Gasteiger partial charge is 0.335 e. The first-order valence-corrected chi connectivity index (χ1v) is 5.60. The van der Waals surface area contributed by atoms with Crippen molar-refractivity contribution in [2.45, 2.75) is 13.0 Å². The van der Waals surface area contributed by atoms with Gasteiger partial charge in [-0.2, -0.15) is 0 Å². The number of hydrogen-bond acceptors (Lipinski definition) is 2. The van der Waals surface area contributed by atoms with Crippen LogP contribution in [0.3, 0.4) is 0 Å². The van der Waals surface area contributed by atoms with Crippen molar-refractivity contribution in [2.24, 2.45) is 0 Å². The fraction of sp³-hybridized carbons (Fsp3) is 0.462. The molecule has 0 saturated carbocycles. The molecule has 1 heterocycles. The maximum atomic E-state index is 12.1. The molecule has 0 spiro atoms. The molecule has 16 heavy (non-hydrogen) atoms. The smallest absolute Gasteiger partial charge is 0.253 e. The number of likely N-dealkylation sites (tertiary alicyclic amines) is 1. The van der Waals surface area contributed by atoms with E-state index in [1.807, 2.05) is 36.1 Å². The third kappa shape index (κ3) is 2.09. The van der Waals surface area contributed by atoms with E-state index in [0.29, 0.717) is 6.04 Å². The molecule has 0 atom stereocenters. The SMILES string of the molecule is Cc1cccc(C(=O)N2CC(N(C)C)C2)c1. The monoisotopic (exact) mass is 218 g/mol. The van der Waals surface area contributed by atoms with Gasteiger partial charge < -0.3 is 9.80 Å². The van der Waals surface area contributed by atoms with Crippen LogP contribution >= 0.6 is 0 Å². The predicted octanol–water partition coefficient (Wildman–Crippen LogP) is 1.38. The molecule has 3 nitrogen and oxygen atoms in total. The highest BCUT2D eigenvalue weighted by Crippen LogP contribution is 2.16. The van der Waals surface area contributed by atoms with Gasteiger partial charge in [0.15, 0.2) is 0 Å². The summed E-state index contributed by atoms with van der Waals surface area (Å²) < 4.78 is 0. The van der Waals surface area contributed by atoms with Gasteiger partial charge in [-0.3, -0.25) is 4.79 Å². The normalized spacial score (nSPS) is 16.4. The number of likely N-dealkylation sites (N-methyl/N-ethyl adjacent to an activating group) is 1. The molecule has 1 aliphatic heterocycles. The van der Waals surface area contributed by atoms with Gasteiger partial charge in [0.2, 0.25) is 0 Å². The zero-order valence-electron chi connectivity index (χ0n) is 10.1. The summed E-state index contributed by atoms with van der Waals surface area (Å²) in [6.45, 7) is 3.70. The lowest BCUT2D eigenvalue weighted by molar-refractivity contribution is 0.0399. The standard InChI is InChI=1S/C13H18N2O/c1-10-5-4-6-11(7-10)13(16)15-8-12(9-15)14(2)3/h4-7,12H,8-9H2,1-3H3. The zero-order chi connectivity index (χ0) is 11.7. The third-order valence-corrected chi connectivity index (χ3v) is 3.14. The van der Waals surface area contributed by atoms with Crippen molar-refractivity contribution in [3.8, 4) is 0 Å². The fourth-order valence-electron chi connectivity index (χ4n) is 1.91. The van der Waals surface area contributed by atoms with E-state index in [1.54, 1.807) is 0 Å². The van der Waals surface area contributed by atoms with E-state index in [2.05, 4.69) is 19.0 Å². The Morgan fingerprint density at radius 1 is 1.38 bits per heavy atom. The molecule has 1 aromatic carbocycles. The predicted molar refractivity (Wildman–Crippen MR) is 64.6 cm³/mol. The quantitative estimate of drug-likeness (QED) is 0.748. The molecular formula is C13H18N2O. The Balaban J connectivity index is 2.00. The minimum Gasteiger partial charge on any atom is -0.335 e. The van der Waals surface area contributed by atoms with Crippen LogP contribution < -0.4 is 0 Å². The molecule has 0 radical (unpaired) electrons. The fourth-order valence-corrected chi connectivity index (χ4v) is 1.91. The minimum atomic E-state index is 0.154. The van der Waals surface area contributed by atoms with E-state index < -0.39 is 0 Å². The van der Waals surface area contributed by atoms with Crippen molar-refractivity contribution in [1.82, 2.24) is 9.80 Å². The summed E-state index contributed by atoms with van der Waals surface area (Å²) in [5, 5.41) is 0. The number of rotatable bonds is 2. The number of benzene rings is 1. The average molecular weight is 218 g/mol. The Bertz CT molecular complexity index is 395. The first-order chi connectivity index (χ1) is 7.58. The summed E-state index contributed by atoms with van der Waals surface area (Å²) in [6.07, 6.45) is 0. The zero-order valence-corrected chi connectivity index (χ0v) is 10.1. The first kappa shape index (κ1) is 11.1. The Kier molecular flexibility index (Phi) is 2.97. The Morgan fingerprint density at radius 3 is 2.62 bits per heavy atom. The number of carbonyl (C=O) groups is 1. The van der Waals surface area contributed by atoms with Crippen LogP contribution in [0.25, 0.3) is 0 Å². The number of nitrogens with zero attached hydrogens (tertiary/aromatic N) is 2. The molecule has 0 bridgehead atoms. The summed E-state index contributed by atoms with van der Waals surface area (Å²) in [7, 11) is 4.11. The first-order valence-electron chi connectivity index (χ1n) is 5.60. The Labute approximate surface area is 96.7 Å². The number of carbonyl (C=O) groups excluding carboxylic acids is 1. The summed E-state index contributed by atoms with van der Waals surface area (Å²) in [6, 6.07) is 8.30. The van der Waals surface area contributed by atoms with Crippen LogP contribution in [-0.2, 0) is 0 Å². The minimum absolute atomic E-state index is 0.154. The van der Waals surface area contributed by atoms with Crippen LogP contribution in [0.2, 0.25) is 0 Å². The molecule has 2 rings (SSSR count). The summed E-state index contributed by atoms with van der Waals surface area (Å²) in [5.74, 6) is 0.154.